The normalized spacial score (nSPS) is 20.7. The van der Waals surface area contributed by atoms with Crippen LogP contribution in [0.3, 0.4) is 0 Å². The third-order valence-corrected chi connectivity index (χ3v) is 4.01. The van der Waals surface area contributed by atoms with E-state index in [0.29, 0.717) is 11.6 Å². The molecule has 1 heterocycles. The fraction of sp³-hybridized carbons (Fsp3) is 0.294. The minimum absolute atomic E-state index is 0.0229. The summed E-state index contributed by atoms with van der Waals surface area (Å²) in [5, 5.41) is 0.690. The molecule has 3 nitrogen and oxygen atoms in total. The van der Waals surface area contributed by atoms with Gasteiger partial charge < -0.3 is 15.2 Å². The van der Waals surface area contributed by atoms with E-state index < -0.39 is 0 Å². The van der Waals surface area contributed by atoms with Gasteiger partial charge in [-0.1, -0.05) is 35.9 Å². The maximum absolute atomic E-state index is 6.26. The van der Waals surface area contributed by atoms with Crippen LogP contribution in [0.4, 0.5) is 0 Å². The fourth-order valence-electron chi connectivity index (χ4n) is 2.67. The highest BCUT2D eigenvalue weighted by Crippen LogP contribution is 2.40. The summed E-state index contributed by atoms with van der Waals surface area (Å²) < 4.78 is 11.2. The summed E-state index contributed by atoms with van der Waals surface area (Å²) in [7, 11) is 1.69. The van der Waals surface area contributed by atoms with Crippen molar-refractivity contribution in [2.45, 2.75) is 25.2 Å². The van der Waals surface area contributed by atoms with Gasteiger partial charge >= 0.3 is 0 Å². The van der Waals surface area contributed by atoms with E-state index >= 15 is 0 Å². The molecule has 1 aliphatic rings. The Hall–Kier alpha value is -1.55. The van der Waals surface area contributed by atoms with Gasteiger partial charge in [-0.2, -0.15) is 0 Å². The average molecular weight is 304 g/mol. The van der Waals surface area contributed by atoms with Crippen molar-refractivity contribution in [1.29, 1.82) is 0 Å². The van der Waals surface area contributed by atoms with Gasteiger partial charge in [-0.3, -0.25) is 0 Å². The van der Waals surface area contributed by atoms with Crippen LogP contribution in [0.25, 0.3) is 0 Å². The largest absolute Gasteiger partial charge is 0.485 e. The van der Waals surface area contributed by atoms with Gasteiger partial charge in [0.05, 0.1) is 6.61 Å². The Morgan fingerprint density at radius 1 is 1.24 bits per heavy atom. The zero-order valence-corrected chi connectivity index (χ0v) is 12.6. The molecule has 0 saturated carbocycles. The summed E-state index contributed by atoms with van der Waals surface area (Å²) in [6.45, 7) is 0.618. The van der Waals surface area contributed by atoms with Crippen LogP contribution >= 0.6 is 11.6 Å². The lowest BCUT2D eigenvalue weighted by Crippen LogP contribution is -2.24. The zero-order chi connectivity index (χ0) is 14.8. The third-order valence-electron chi connectivity index (χ3n) is 3.77. The van der Waals surface area contributed by atoms with Gasteiger partial charge in [0, 0.05) is 30.2 Å². The Morgan fingerprint density at radius 2 is 2.00 bits per heavy atom. The second-order valence-electron chi connectivity index (χ2n) is 5.31. The Kier molecular flexibility index (Phi) is 4.15. The molecule has 110 valence electrons. The third kappa shape index (κ3) is 3.05. The van der Waals surface area contributed by atoms with E-state index in [1.165, 1.54) is 0 Å². The van der Waals surface area contributed by atoms with Crippen LogP contribution in [0.15, 0.2) is 42.5 Å². The van der Waals surface area contributed by atoms with E-state index in [2.05, 4.69) is 24.3 Å². The summed E-state index contributed by atoms with van der Waals surface area (Å²) in [4.78, 5) is 0. The highest BCUT2D eigenvalue weighted by atomic mass is 35.5. The smallest absolute Gasteiger partial charge is 0.126 e. The maximum Gasteiger partial charge on any atom is 0.126 e. The molecule has 2 aromatic carbocycles. The quantitative estimate of drug-likeness (QED) is 0.931. The first-order valence-corrected chi connectivity index (χ1v) is 7.34. The van der Waals surface area contributed by atoms with Gasteiger partial charge in [0.1, 0.15) is 11.9 Å². The van der Waals surface area contributed by atoms with Crippen molar-refractivity contribution in [3.8, 4) is 5.75 Å². The zero-order valence-electron chi connectivity index (χ0n) is 11.9. The molecule has 0 spiro atoms. The number of nitrogens with two attached hydrogens (primary N) is 1. The van der Waals surface area contributed by atoms with Crippen molar-refractivity contribution in [3.63, 3.8) is 0 Å². The molecule has 0 fully saturated rings. The van der Waals surface area contributed by atoms with Crippen molar-refractivity contribution in [2.24, 2.45) is 5.73 Å². The van der Waals surface area contributed by atoms with Gasteiger partial charge in [-0.25, -0.2) is 0 Å². The second kappa shape index (κ2) is 6.06. The molecule has 0 saturated heterocycles. The van der Waals surface area contributed by atoms with Crippen molar-refractivity contribution < 1.29 is 9.47 Å². The molecule has 3 rings (SSSR count). The Bertz CT molecular complexity index is 627. The van der Waals surface area contributed by atoms with Crippen molar-refractivity contribution in [3.05, 3.63) is 64.2 Å². The highest BCUT2D eigenvalue weighted by molar-refractivity contribution is 6.30. The SMILES string of the molecule is COCc1ccc(C2C[C@H](N)c3cc(Cl)ccc3O2)cc1. The first-order chi connectivity index (χ1) is 10.2. The molecule has 4 heteroatoms. The molecule has 1 unspecified atom stereocenters. The van der Waals surface area contributed by atoms with Crippen LogP contribution in [-0.4, -0.2) is 7.11 Å². The van der Waals surface area contributed by atoms with Gasteiger partial charge in [0.2, 0.25) is 0 Å². The van der Waals surface area contributed by atoms with E-state index in [-0.39, 0.29) is 12.1 Å². The molecular formula is C17H18ClNO2. The van der Waals surface area contributed by atoms with E-state index in [9.17, 15) is 0 Å². The van der Waals surface area contributed by atoms with Crippen LogP contribution in [0.5, 0.6) is 5.75 Å². The number of rotatable bonds is 3. The van der Waals surface area contributed by atoms with E-state index in [4.69, 9.17) is 26.8 Å². The molecule has 2 N–H and O–H groups in total. The summed E-state index contributed by atoms with van der Waals surface area (Å²) in [5.41, 5.74) is 9.52. The number of ether oxygens (including phenoxy) is 2. The van der Waals surface area contributed by atoms with Crippen molar-refractivity contribution >= 4 is 11.6 Å². The van der Waals surface area contributed by atoms with Crippen LogP contribution in [0, 0.1) is 0 Å². The first-order valence-electron chi connectivity index (χ1n) is 6.97. The standard InChI is InChI=1S/C17H18ClNO2/c1-20-10-11-2-4-12(5-3-11)17-9-15(19)14-8-13(18)6-7-16(14)21-17/h2-8,15,17H,9-10,19H2,1H3/t15-,17?/m0/s1. The first kappa shape index (κ1) is 14.4. The average Bonchev–Trinajstić information content (AvgIpc) is 2.49. The number of fused-ring (bicyclic) bond motifs is 1. The minimum Gasteiger partial charge on any atom is -0.485 e. The van der Waals surface area contributed by atoms with Crippen LogP contribution in [0.2, 0.25) is 5.02 Å². The lowest BCUT2D eigenvalue weighted by molar-refractivity contribution is 0.161. The summed E-state index contributed by atoms with van der Waals surface area (Å²) >= 11 is 6.02. The molecule has 2 aromatic rings. The van der Waals surface area contributed by atoms with Gasteiger partial charge in [-0.05, 0) is 29.3 Å². The summed E-state index contributed by atoms with van der Waals surface area (Å²) in [6.07, 6.45) is 0.724. The molecule has 0 aliphatic carbocycles. The Balaban J connectivity index is 1.83. The number of halogens is 1. The minimum atomic E-state index is -0.0592. The van der Waals surface area contributed by atoms with Crippen LogP contribution in [-0.2, 0) is 11.3 Å². The second-order valence-corrected chi connectivity index (χ2v) is 5.74. The number of hydrogen-bond donors (Lipinski definition) is 1. The maximum atomic E-state index is 6.26. The number of benzene rings is 2. The molecule has 0 bridgehead atoms. The number of hydrogen-bond acceptors (Lipinski definition) is 3. The molecule has 0 amide bonds. The summed E-state index contributed by atoms with van der Waals surface area (Å²) in [5.74, 6) is 0.823. The van der Waals surface area contributed by atoms with Crippen LogP contribution < -0.4 is 10.5 Å². The molecule has 21 heavy (non-hydrogen) atoms. The van der Waals surface area contributed by atoms with E-state index in [0.717, 1.165) is 28.9 Å². The fourth-order valence-corrected chi connectivity index (χ4v) is 2.86. The van der Waals surface area contributed by atoms with Crippen molar-refractivity contribution in [2.75, 3.05) is 7.11 Å². The monoisotopic (exact) mass is 303 g/mol. The lowest BCUT2D eigenvalue weighted by atomic mass is 9.93. The molecule has 0 aromatic heterocycles. The Labute approximate surface area is 129 Å². The number of methoxy groups -OCH3 is 1. The van der Waals surface area contributed by atoms with Gasteiger partial charge in [-0.15, -0.1) is 0 Å². The molecule has 1 aliphatic heterocycles. The predicted octanol–water partition coefficient (Wildman–Crippen LogP) is 4.01. The topological polar surface area (TPSA) is 44.5 Å². The molecule has 2 atom stereocenters. The van der Waals surface area contributed by atoms with E-state index in [1.54, 1.807) is 7.11 Å². The highest BCUT2D eigenvalue weighted by Gasteiger charge is 2.27. The Morgan fingerprint density at radius 3 is 2.71 bits per heavy atom. The molecular weight excluding hydrogens is 286 g/mol. The van der Waals surface area contributed by atoms with Crippen molar-refractivity contribution in [1.82, 2.24) is 0 Å². The molecule has 0 radical (unpaired) electrons. The van der Waals surface area contributed by atoms with E-state index in [1.807, 2.05) is 18.2 Å². The van der Waals surface area contributed by atoms with Crippen LogP contribution in [0.1, 0.15) is 35.3 Å². The summed E-state index contributed by atoms with van der Waals surface area (Å²) in [6, 6.07) is 13.8. The predicted molar refractivity (Wildman–Crippen MR) is 83.5 cm³/mol. The van der Waals surface area contributed by atoms with Gasteiger partial charge in [0.15, 0.2) is 0 Å². The lowest BCUT2D eigenvalue weighted by Gasteiger charge is -2.30. The van der Waals surface area contributed by atoms with Gasteiger partial charge in [0.25, 0.3) is 0 Å².